The van der Waals surface area contributed by atoms with Gasteiger partial charge in [-0.2, -0.15) is 0 Å². The number of anilines is 1. The number of nitrogens with one attached hydrogen (secondary N) is 1. The van der Waals surface area contributed by atoms with Gasteiger partial charge in [0, 0.05) is 18.3 Å². The highest BCUT2D eigenvalue weighted by atomic mass is 16.5. The molecule has 23 heavy (non-hydrogen) atoms. The molecule has 2 rings (SSSR count). The average Bonchev–Trinajstić information content (AvgIpc) is 2.60. The van der Waals surface area contributed by atoms with E-state index in [4.69, 9.17) is 9.84 Å². The molecule has 0 heterocycles. The van der Waals surface area contributed by atoms with Gasteiger partial charge in [-0.05, 0) is 41.8 Å². The molecule has 0 aliphatic rings. The zero-order valence-electron chi connectivity index (χ0n) is 13.2. The van der Waals surface area contributed by atoms with Gasteiger partial charge in [0.05, 0.1) is 13.2 Å². The third kappa shape index (κ3) is 5.60. The first-order valence-electron chi connectivity index (χ1n) is 7.58. The number of benzene rings is 2. The molecule has 0 aliphatic carbocycles. The van der Waals surface area contributed by atoms with Crippen molar-refractivity contribution in [2.75, 3.05) is 11.9 Å². The number of ether oxygens (including phenoxy) is 1. The summed E-state index contributed by atoms with van der Waals surface area (Å²) >= 11 is 0. The summed E-state index contributed by atoms with van der Waals surface area (Å²) in [6.45, 7) is 2.94. The summed E-state index contributed by atoms with van der Waals surface area (Å²) < 4.78 is 4.84. The van der Waals surface area contributed by atoms with Gasteiger partial charge in [-0.15, -0.1) is 0 Å². The highest BCUT2D eigenvalue weighted by Crippen LogP contribution is 2.13. The minimum absolute atomic E-state index is 0.0640. The summed E-state index contributed by atoms with van der Waals surface area (Å²) in [5.41, 5.74) is 4.00. The summed E-state index contributed by atoms with van der Waals surface area (Å²) in [6.07, 6.45) is 3.16. The molecule has 4 nitrogen and oxygen atoms in total. The maximum atomic E-state index is 11.3. The molecule has 120 valence electrons. The molecule has 2 N–H and O–H groups in total. The zero-order valence-corrected chi connectivity index (χ0v) is 13.2. The Morgan fingerprint density at radius 1 is 1.09 bits per heavy atom. The third-order valence-corrected chi connectivity index (χ3v) is 3.31. The summed E-state index contributed by atoms with van der Waals surface area (Å²) in [6, 6.07) is 15.6. The summed E-state index contributed by atoms with van der Waals surface area (Å²) in [5.74, 6) is -0.332. The molecule has 0 radical (unpaired) electrons. The van der Waals surface area contributed by atoms with Crippen LogP contribution in [0.3, 0.4) is 0 Å². The molecule has 4 heteroatoms. The van der Waals surface area contributed by atoms with Gasteiger partial charge < -0.3 is 15.2 Å². The molecule has 0 atom stereocenters. The van der Waals surface area contributed by atoms with Crippen molar-refractivity contribution in [3.63, 3.8) is 0 Å². The lowest BCUT2D eigenvalue weighted by Gasteiger charge is -2.07. The number of rotatable bonds is 7. The molecule has 2 aromatic rings. The van der Waals surface area contributed by atoms with Crippen LogP contribution in [0.2, 0.25) is 0 Å². The van der Waals surface area contributed by atoms with E-state index < -0.39 is 0 Å². The second-order valence-corrected chi connectivity index (χ2v) is 5.04. The van der Waals surface area contributed by atoms with Crippen molar-refractivity contribution >= 4 is 17.7 Å². The average molecular weight is 311 g/mol. The Bertz CT molecular complexity index is 645. The third-order valence-electron chi connectivity index (χ3n) is 3.31. The summed E-state index contributed by atoms with van der Waals surface area (Å²) in [7, 11) is 0. The highest BCUT2D eigenvalue weighted by Gasteiger charge is 1.97. The molecule has 0 unspecified atom stereocenters. The first kappa shape index (κ1) is 16.8. The van der Waals surface area contributed by atoms with Crippen LogP contribution in [0.1, 0.15) is 23.6 Å². The van der Waals surface area contributed by atoms with Crippen LogP contribution >= 0.6 is 0 Å². The van der Waals surface area contributed by atoms with E-state index in [0.717, 1.165) is 22.4 Å². The Labute approximate surface area is 136 Å². The second kappa shape index (κ2) is 8.76. The highest BCUT2D eigenvalue weighted by molar-refractivity contribution is 5.87. The van der Waals surface area contributed by atoms with Crippen molar-refractivity contribution in [3.05, 3.63) is 71.3 Å². The molecular weight excluding hydrogens is 290 g/mol. The van der Waals surface area contributed by atoms with Gasteiger partial charge in [0.1, 0.15) is 0 Å². The number of aliphatic hydroxyl groups is 1. The maximum absolute atomic E-state index is 11.3. The molecule has 0 spiro atoms. The lowest BCUT2D eigenvalue weighted by Crippen LogP contribution is -1.99. The smallest absolute Gasteiger partial charge is 0.330 e. The lowest BCUT2D eigenvalue weighted by atomic mass is 10.1. The molecule has 0 saturated carbocycles. The van der Waals surface area contributed by atoms with Gasteiger partial charge in [-0.25, -0.2) is 4.79 Å². The molecule has 0 saturated heterocycles. The van der Waals surface area contributed by atoms with Crippen molar-refractivity contribution in [1.29, 1.82) is 0 Å². The number of carbonyl (C=O) groups is 1. The Hall–Kier alpha value is -2.59. The van der Waals surface area contributed by atoms with Crippen molar-refractivity contribution in [3.8, 4) is 0 Å². The van der Waals surface area contributed by atoms with Crippen molar-refractivity contribution in [2.24, 2.45) is 0 Å². The Kier molecular flexibility index (Phi) is 6.39. The van der Waals surface area contributed by atoms with E-state index in [9.17, 15) is 4.79 Å². The number of carbonyl (C=O) groups excluding carboxylic acids is 1. The fourth-order valence-electron chi connectivity index (χ4n) is 2.03. The Morgan fingerprint density at radius 2 is 1.74 bits per heavy atom. The van der Waals surface area contributed by atoms with E-state index in [2.05, 4.69) is 5.32 Å². The number of hydrogen-bond donors (Lipinski definition) is 2. The van der Waals surface area contributed by atoms with E-state index in [-0.39, 0.29) is 12.6 Å². The number of esters is 1. The van der Waals surface area contributed by atoms with Crippen LogP contribution in [0.15, 0.2) is 54.6 Å². The first-order valence-corrected chi connectivity index (χ1v) is 7.58. The normalized spacial score (nSPS) is 10.7. The van der Waals surface area contributed by atoms with Crippen LogP contribution in [-0.4, -0.2) is 17.7 Å². The van der Waals surface area contributed by atoms with Crippen LogP contribution < -0.4 is 5.32 Å². The standard InChI is InChI=1S/C19H21NO3/c1-2-23-19(22)12-9-15-7-10-18(11-8-15)20-13-16-3-5-17(14-21)6-4-16/h3-12,20-21H,2,13-14H2,1H3/b12-9+. The van der Waals surface area contributed by atoms with Gasteiger partial charge in [0.2, 0.25) is 0 Å². The molecule has 0 aromatic heterocycles. The van der Waals surface area contributed by atoms with E-state index >= 15 is 0 Å². The van der Waals surface area contributed by atoms with Crippen LogP contribution in [0.5, 0.6) is 0 Å². The van der Waals surface area contributed by atoms with Crippen molar-refractivity contribution in [2.45, 2.75) is 20.1 Å². The summed E-state index contributed by atoms with van der Waals surface area (Å²) in [5, 5.41) is 12.4. The summed E-state index contributed by atoms with van der Waals surface area (Å²) in [4.78, 5) is 11.3. The fraction of sp³-hybridized carbons (Fsp3) is 0.211. The Balaban J connectivity index is 1.88. The van der Waals surface area contributed by atoms with Crippen molar-refractivity contribution in [1.82, 2.24) is 0 Å². The van der Waals surface area contributed by atoms with Gasteiger partial charge >= 0.3 is 5.97 Å². The van der Waals surface area contributed by atoms with Gasteiger partial charge in [0.25, 0.3) is 0 Å². The zero-order chi connectivity index (χ0) is 16.5. The molecule has 0 aliphatic heterocycles. The largest absolute Gasteiger partial charge is 0.463 e. The van der Waals surface area contributed by atoms with E-state index in [1.807, 2.05) is 48.5 Å². The second-order valence-electron chi connectivity index (χ2n) is 5.04. The van der Waals surface area contributed by atoms with Gasteiger partial charge in [-0.3, -0.25) is 0 Å². The molecule has 0 amide bonds. The Morgan fingerprint density at radius 3 is 2.35 bits per heavy atom. The van der Waals surface area contributed by atoms with E-state index in [0.29, 0.717) is 13.2 Å². The number of aliphatic hydroxyl groups excluding tert-OH is 1. The monoisotopic (exact) mass is 311 g/mol. The van der Waals surface area contributed by atoms with Gasteiger partial charge in [0.15, 0.2) is 0 Å². The molecule has 0 fully saturated rings. The lowest BCUT2D eigenvalue weighted by molar-refractivity contribution is -0.137. The van der Waals surface area contributed by atoms with Crippen LogP contribution in [-0.2, 0) is 22.7 Å². The SMILES string of the molecule is CCOC(=O)/C=C/c1ccc(NCc2ccc(CO)cc2)cc1. The minimum Gasteiger partial charge on any atom is -0.463 e. The van der Waals surface area contributed by atoms with Gasteiger partial charge in [-0.1, -0.05) is 36.4 Å². The first-order chi connectivity index (χ1) is 11.2. The van der Waals surface area contributed by atoms with E-state index in [1.54, 1.807) is 13.0 Å². The van der Waals surface area contributed by atoms with E-state index in [1.165, 1.54) is 6.08 Å². The van der Waals surface area contributed by atoms with Crippen molar-refractivity contribution < 1.29 is 14.6 Å². The topological polar surface area (TPSA) is 58.6 Å². The maximum Gasteiger partial charge on any atom is 0.330 e. The molecular formula is C19H21NO3. The predicted molar refractivity (Wildman–Crippen MR) is 91.8 cm³/mol. The predicted octanol–water partition coefficient (Wildman–Crippen LogP) is 3.37. The van der Waals surface area contributed by atoms with Crippen LogP contribution in [0.25, 0.3) is 6.08 Å². The van der Waals surface area contributed by atoms with Crippen LogP contribution in [0, 0.1) is 0 Å². The minimum atomic E-state index is -0.332. The fourth-order valence-corrected chi connectivity index (χ4v) is 2.03. The number of hydrogen-bond acceptors (Lipinski definition) is 4. The quantitative estimate of drug-likeness (QED) is 0.608. The molecule has 0 bridgehead atoms. The molecule has 2 aromatic carbocycles. The van der Waals surface area contributed by atoms with Crippen LogP contribution in [0.4, 0.5) is 5.69 Å².